The van der Waals surface area contributed by atoms with Crippen molar-refractivity contribution >= 4 is 5.97 Å². The van der Waals surface area contributed by atoms with Crippen molar-refractivity contribution in [2.24, 2.45) is 0 Å². The Bertz CT molecular complexity index is 211. The molecule has 1 N–H and O–H groups in total. The molecule has 14 heavy (non-hydrogen) atoms. The Morgan fingerprint density at radius 2 is 1.86 bits per heavy atom. The molecule has 0 spiro atoms. The van der Waals surface area contributed by atoms with Crippen LogP contribution >= 0.6 is 0 Å². The SMILES string of the molecule is CC(C)(C)OC1(C(=O)O)CCOCC1. The fourth-order valence-electron chi connectivity index (χ4n) is 1.65. The maximum absolute atomic E-state index is 11.2. The van der Waals surface area contributed by atoms with Crippen LogP contribution in [0.3, 0.4) is 0 Å². The Hall–Kier alpha value is -0.610. The predicted octanol–water partition coefficient (Wildman–Crippen LogP) is 1.44. The highest BCUT2D eigenvalue weighted by molar-refractivity contribution is 5.77. The van der Waals surface area contributed by atoms with Gasteiger partial charge >= 0.3 is 5.97 Å². The summed E-state index contributed by atoms with van der Waals surface area (Å²) in [5.74, 6) is -0.879. The van der Waals surface area contributed by atoms with Crippen LogP contribution in [0.25, 0.3) is 0 Å². The van der Waals surface area contributed by atoms with E-state index >= 15 is 0 Å². The summed E-state index contributed by atoms with van der Waals surface area (Å²) in [6.45, 7) is 6.53. The lowest BCUT2D eigenvalue weighted by molar-refractivity contribution is -0.201. The molecule has 0 aromatic rings. The van der Waals surface area contributed by atoms with E-state index in [4.69, 9.17) is 9.47 Å². The van der Waals surface area contributed by atoms with Crippen molar-refractivity contribution in [2.45, 2.75) is 44.8 Å². The number of hydrogen-bond donors (Lipinski definition) is 1. The molecule has 1 aliphatic heterocycles. The summed E-state index contributed by atoms with van der Waals surface area (Å²) < 4.78 is 10.8. The first-order valence-corrected chi connectivity index (χ1v) is 4.87. The molecule has 0 atom stereocenters. The van der Waals surface area contributed by atoms with Gasteiger partial charge < -0.3 is 14.6 Å². The second-order valence-corrected chi connectivity index (χ2v) is 4.63. The van der Waals surface area contributed by atoms with Crippen LogP contribution < -0.4 is 0 Å². The fraction of sp³-hybridized carbons (Fsp3) is 0.900. The molecule has 1 heterocycles. The number of carboxylic acid groups (broad SMARTS) is 1. The quantitative estimate of drug-likeness (QED) is 0.736. The van der Waals surface area contributed by atoms with Gasteiger partial charge in [0.1, 0.15) is 0 Å². The highest BCUT2D eigenvalue weighted by Crippen LogP contribution is 2.30. The van der Waals surface area contributed by atoms with Gasteiger partial charge in [0, 0.05) is 26.1 Å². The lowest BCUT2D eigenvalue weighted by Gasteiger charge is -2.38. The lowest BCUT2D eigenvalue weighted by Crippen LogP contribution is -2.50. The van der Waals surface area contributed by atoms with Crippen molar-refractivity contribution in [3.8, 4) is 0 Å². The summed E-state index contributed by atoms with van der Waals surface area (Å²) in [5.41, 5.74) is -1.48. The second-order valence-electron chi connectivity index (χ2n) is 4.63. The molecule has 0 aliphatic carbocycles. The molecule has 1 aliphatic rings. The van der Waals surface area contributed by atoms with E-state index < -0.39 is 17.2 Å². The minimum Gasteiger partial charge on any atom is -0.479 e. The zero-order valence-corrected chi connectivity index (χ0v) is 9.00. The van der Waals surface area contributed by atoms with E-state index in [0.29, 0.717) is 26.1 Å². The van der Waals surface area contributed by atoms with Gasteiger partial charge in [0.15, 0.2) is 5.60 Å². The van der Waals surface area contributed by atoms with E-state index in [2.05, 4.69) is 0 Å². The van der Waals surface area contributed by atoms with E-state index in [0.717, 1.165) is 0 Å². The summed E-state index contributed by atoms with van der Waals surface area (Å²) in [6.07, 6.45) is 0.860. The van der Waals surface area contributed by atoms with Gasteiger partial charge in [-0.25, -0.2) is 4.79 Å². The zero-order chi connectivity index (χ0) is 10.8. The standard InChI is InChI=1S/C10H18O4/c1-9(2,3)14-10(8(11)12)4-6-13-7-5-10/h4-7H2,1-3H3,(H,11,12). The molecule has 82 valence electrons. The molecule has 1 rings (SSSR count). The molecule has 1 fully saturated rings. The first-order chi connectivity index (χ1) is 6.36. The molecule has 4 nitrogen and oxygen atoms in total. The molecule has 0 saturated carbocycles. The van der Waals surface area contributed by atoms with Crippen LogP contribution in [0.5, 0.6) is 0 Å². The molecule has 0 unspecified atom stereocenters. The van der Waals surface area contributed by atoms with Crippen molar-refractivity contribution in [3.05, 3.63) is 0 Å². The third-order valence-corrected chi connectivity index (χ3v) is 2.19. The first kappa shape index (κ1) is 11.5. The van der Waals surface area contributed by atoms with Gasteiger partial charge in [0.05, 0.1) is 5.60 Å². The Morgan fingerprint density at radius 1 is 1.36 bits per heavy atom. The third-order valence-electron chi connectivity index (χ3n) is 2.19. The molecule has 1 saturated heterocycles. The smallest absolute Gasteiger partial charge is 0.336 e. The molecular formula is C10H18O4. The van der Waals surface area contributed by atoms with Gasteiger partial charge in [-0.2, -0.15) is 0 Å². The van der Waals surface area contributed by atoms with Gasteiger partial charge in [0.25, 0.3) is 0 Å². The van der Waals surface area contributed by atoms with Crippen LogP contribution in [0.15, 0.2) is 0 Å². The normalized spacial score (nSPS) is 21.9. The maximum Gasteiger partial charge on any atom is 0.336 e. The van der Waals surface area contributed by atoms with Crippen molar-refractivity contribution in [2.75, 3.05) is 13.2 Å². The molecular weight excluding hydrogens is 184 g/mol. The number of carboxylic acids is 1. The Morgan fingerprint density at radius 3 is 2.21 bits per heavy atom. The Balaban J connectivity index is 2.76. The number of rotatable bonds is 2. The van der Waals surface area contributed by atoms with Gasteiger partial charge in [-0.15, -0.1) is 0 Å². The van der Waals surface area contributed by atoms with E-state index in [1.807, 2.05) is 20.8 Å². The van der Waals surface area contributed by atoms with Gasteiger partial charge in [-0.1, -0.05) is 0 Å². The highest BCUT2D eigenvalue weighted by Gasteiger charge is 2.44. The summed E-state index contributed by atoms with van der Waals surface area (Å²) in [7, 11) is 0. The second kappa shape index (κ2) is 3.87. The van der Waals surface area contributed by atoms with Crippen molar-refractivity contribution in [1.29, 1.82) is 0 Å². The molecule has 0 aromatic carbocycles. The van der Waals surface area contributed by atoms with E-state index in [-0.39, 0.29) is 0 Å². The van der Waals surface area contributed by atoms with Crippen molar-refractivity contribution < 1.29 is 19.4 Å². The molecule has 0 amide bonds. The van der Waals surface area contributed by atoms with Crippen molar-refractivity contribution in [1.82, 2.24) is 0 Å². The van der Waals surface area contributed by atoms with Crippen LogP contribution in [0.1, 0.15) is 33.6 Å². The van der Waals surface area contributed by atoms with Gasteiger partial charge in [-0.3, -0.25) is 0 Å². The predicted molar refractivity (Wildman–Crippen MR) is 51.3 cm³/mol. The van der Waals surface area contributed by atoms with Crippen molar-refractivity contribution in [3.63, 3.8) is 0 Å². The molecule has 0 radical (unpaired) electrons. The summed E-state index contributed by atoms with van der Waals surface area (Å²) in [5, 5.41) is 9.17. The molecule has 0 aromatic heterocycles. The summed E-state index contributed by atoms with van der Waals surface area (Å²) in [6, 6.07) is 0. The van der Waals surface area contributed by atoms with Crippen LogP contribution in [-0.2, 0) is 14.3 Å². The number of hydrogen-bond acceptors (Lipinski definition) is 3. The fourth-order valence-corrected chi connectivity index (χ4v) is 1.65. The molecule has 0 bridgehead atoms. The minimum absolute atomic E-state index is 0.430. The van der Waals surface area contributed by atoms with Gasteiger partial charge in [0.2, 0.25) is 0 Å². The minimum atomic E-state index is -1.05. The van der Waals surface area contributed by atoms with Crippen LogP contribution in [0.4, 0.5) is 0 Å². The Labute approximate surface area is 84.2 Å². The largest absolute Gasteiger partial charge is 0.479 e. The van der Waals surface area contributed by atoms with Crippen LogP contribution in [0.2, 0.25) is 0 Å². The number of carbonyl (C=O) groups is 1. The van der Waals surface area contributed by atoms with Gasteiger partial charge in [-0.05, 0) is 20.8 Å². The zero-order valence-electron chi connectivity index (χ0n) is 9.00. The van der Waals surface area contributed by atoms with E-state index in [1.165, 1.54) is 0 Å². The monoisotopic (exact) mass is 202 g/mol. The highest BCUT2D eigenvalue weighted by atomic mass is 16.6. The average Bonchev–Trinajstić information content (AvgIpc) is 2.02. The Kier molecular flexibility index (Phi) is 3.17. The third kappa shape index (κ3) is 2.69. The number of aliphatic carboxylic acids is 1. The van der Waals surface area contributed by atoms with E-state index in [1.54, 1.807) is 0 Å². The lowest BCUT2D eigenvalue weighted by atomic mass is 9.93. The van der Waals surface area contributed by atoms with E-state index in [9.17, 15) is 9.90 Å². The molecule has 4 heteroatoms. The van der Waals surface area contributed by atoms with Crippen LogP contribution in [-0.4, -0.2) is 35.5 Å². The maximum atomic E-state index is 11.2. The summed E-state index contributed by atoms with van der Waals surface area (Å²) >= 11 is 0. The first-order valence-electron chi connectivity index (χ1n) is 4.87. The van der Waals surface area contributed by atoms with Crippen LogP contribution in [0, 0.1) is 0 Å². The average molecular weight is 202 g/mol. The summed E-state index contributed by atoms with van der Waals surface area (Å²) in [4.78, 5) is 11.2. The number of ether oxygens (including phenoxy) is 2. The topological polar surface area (TPSA) is 55.8 Å².